The van der Waals surface area contributed by atoms with E-state index >= 15 is 0 Å². The number of ether oxygens (including phenoxy) is 1. The molecule has 1 aromatic heterocycles. The van der Waals surface area contributed by atoms with E-state index in [2.05, 4.69) is 0 Å². The molecule has 2 saturated heterocycles. The number of morpholine rings is 1. The van der Waals surface area contributed by atoms with E-state index in [4.69, 9.17) is 32.9 Å². The lowest BCUT2D eigenvalue weighted by atomic mass is 9.97. The molecule has 0 radical (unpaired) electrons. The number of hydrogen-bond donors (Lipinski definition) is 0. The number of amides is 1. The van der Waals surface area contributed by atoms with Crippen LogP contribution in [0.4, 0.5) is 0 Å². The summed E-state index contributed by atoms with van der Waals surface area (Å²) in [5, 5.41) is 1.90. The minimum Gasteiger partial charge on any atom is -0.366 e. The van der Waals surface area contributed by atoms with E-state index in [0.29, 0.717) is 18.1 Å². The number of likely N-dealkylation sites (tertiary alicyclic amines) is 1. The molecule has 0 N–H and O–H groups in total. The topological polar surface area (TPSA) is 79.8 Å². The molecule has 34 heavy (non-hydrogen) atoms. The van der Waals surface area contributed by atoms with Crippen molar-refractivity contribution in [1.82, 2.24) is 14.2 Å². The summed E-state index contributed by atoms with van der Waals surface area (Å²) < 4.78 is 34.3. The predicted molar refractivity (Wildman–Crippen MR) is 133 cm³/mol. The Morgan fingerprint density at radius 2 is 1.85 bits per heavy atom. The van der Waals surface area contributed by atoms with Gasteiger partial charge in [0.05, 0.1) is 26.9 Å². The van der Waals surface area contributed by atoms with Crippen LogP contribution in [0.25, 0.3) is 10.2 Å². The third-order valence-electron chi connectivity index (χ3n) is 6.28. The van der Waals surface area contributed by atoms with Crippen LogP contribution in [0.1, 0.15) is 23.8 Å². The summed E-state index contributed by atoms with van der Waals surface area (Å²) in [7, 11) is -3.82. The van der Waals surface area contributed by atoms with Crippen LogP contribution in [0.15, 0.2) is 47.4 Å². The zero-order valence-electron chi connectivity index (χ0n) is 18.2. The third-order valence-corrected chi connectivity index (χ3v) is 10.1. The largest absolute Gasteiger partial charge is 0.366 e. The first-order valence-corrected chi connectivity index (χ1v) is 14.1. The van der Waals surface area contributed by atoms with Gasteiger partial charge in [0.1, 0.15) is 11.0 Å². The second-order valence-corrected chi connectivity index (χ2v) is 12.2. The summed E-state index contributed by atoms with van der Waals surface area (Å²) in [6.07, 6.45) is 0.772. The van der Waals surface area contributed by atoms with Crippen molar-refractivity contribution in [2.75, 3.05) is 32.8 Å². The van der Waals surface area contributed by atoms with Crippen molar-refractivity contribution < 1.29 is 17.9 Å². The summed E-state index contributed by atoms with van der Waals surface area (Å²) in [5.74, 6) is 0.109. The molecule has 11 heteroatoms. The van der Waals surface area contributed by atoms with Gasteiger partial charge in [0, 0.05) is 37.1 Å². The number of fused-ring (bicyclic) bond motifs is 1. The average molecular weight is 540 g/mol. The lowest BCUT2D eigenvalue weighted by Crippen LogP contribution is -2.53. The van der Waals surface area contributed by atoms with E-state index in [9.17, 15) is 13.2 Å². The maximum Gasteiger partial charge on any atom is 0.253 e. The minimum atomic E-state index is -3.82. The maximum atomic E-state index is 13.2. The van der Waals surface area contributed by atoms with Crippen molar-refractivity contribution in [3.05, 3.63) is 57.5 Å². The standard InChI is InChI=1S/C23H23Cl2N3O4S2/c24-16-5-6-20-18(13-16)26-22(33-20)15-7-9-27(10-8-15)23(29)19-14-28(11-12-32-19)34(30,31)21-4-2-1-3-17(21)25/h1-6,13,15,19H,7-12,14H2/t19-/m0/s1. The van der Waals surface area contributed by atoms with Crippen molar-refractivity contribution in [1.29, 1.82) is 0 Å². The van der Waals surface area contributed by atoms with Crippen LogP contribution in [0.3, 0.4) is 0 Å². The van der Waals surface area contributed by atoms with E-state index in [1.165, 1.54) is 10.4 Å². The molecule has 2 fully saturated rings. The number of thiazole rings is 1. The van der Waals surface area contributed by atoms with E-state index in [1.807, 2.05) is 18.2 Å². The van der Waals surface area contributed by atoms with Crippen LogP contribution >= 0.6 is 34.5 Å². The maximum absolute atomic E-state index is 13.2. The van der Waals surface area contributed by atoms with E-state index in [0.717, 1.165) is 28.1 Å². The summed E-state index contributed by atoms with van der Waals surface area (Å²) in [6.45, 7) is 1.48. The number of piperidine rings is 1. The molecule has 3 aromatic rings. The quantitative estimate of drug-likeness (QED) is 0.490. The molecule has 1 amide bonds. The third kappa shape index (κ3) is 4.69. The van der Waals surface area contributed by atoms with Crippen LogP contribution in [0.5, 0.6) is 0 Å². The normalized spacial score (nSPS) is 20.6. The van der Waals surface area contributed by atoms with Gasteiger partial charge in [0.25, 0.3) is 5.91 Å². The first-order valence-electron chi connectivity index (χ1n) is 11.0. The van der Waals surface area contributed by atoms with Gasteiger partial charge in [-0.15, -0.1) is 11.3 Å². The first kappa shape index (κ1) is 24.0. The Bertz CT molecular complexity index is 1320. The minimum absolute atomic E-state index is 0.0229. The Balaban J connectivity index is 1.23. The number of aromatic nitrogens is 1. The fourth-order valence-corrected chi connectivity index (χ4v) is 7.63. The van der Waals surface area contributed by atoms with Crippen molar-refractivity contribution in [3.8, 4) is 0 Å². The molecular formula is C23H23Cl2N3O4S2. The van der Waals surface area contributed by atoms with Gasteiger partial charge in [-0.05, 0) is 43.2 Å². The lowest BCUT2D eigenvalue weighted by molar-refractivity contribution is -0.148. The van der Waals surface area contributed by atoms with Crippen LogP contribution < -0.4 is 0 Å². The van der Waals surface area contributed by atoms with Crippen molar-refractivity contribution in [2.45, 2.75) is 29.8 Å². The van der Waals surface area contributed by atoms with Gasteiger partial charge in [-0.1, -0.05) is 35.3 Å². The number of sulfonamides is 1. The molecule has 0 unspecified atom stereocenters. The average Bonchev–Trinajstić information content (AvgIpc) is 3.27. The van der Waals surface area contributed by atoms with E-state index < -0.39 is 16.1 Å². The summed E-state index contributed by atoms with van der Waals surface area (Å²) in [6, 6.07) is 12.1. The highest BCUT2D eigenvalue weighted by Gasteiger charge is 2.37. The van der Waals surface area contributed by atoms with Crippen molar-refractivity contribution in [2.24, 2.45) is 0 Å². The number of hydrogen-bond acceptors (Lipinski definition) is 6. The molecule has 0 aliphatic carbocycles. The number of carbonyl (C=O) groups is 1. The van der Waals surface area contributed by atoms with Gasteiger partial charge in [-0.2, -0.15) is 4.31 Å². The Kier molecular flexibility index (Phi) is 6.85. The fraction of sp³-hybridized carbons (Fsp3) is 0.391. The highest BCUT2D eigenvalue weighted by Crippen LogP contribution is 2.35. The summed E-state index contributed by atoms with van der Waals surface area (Å²) >= 11 is 13.9. The van der Waals surface area contributed by atoms with Crippen LogP contribution in [-0.4, -0.2) is 67.4 Å². The molecular weight excluding hydrogens is 517 g/mol. The number of carbonyl (C=O) groups excluding carboxylic acids is 1. The smallest absolute Gasteiger partial charge is 0.253 e. The number of halogens is 2. The predicted octanol–water partition coefficient (Wildman–Crippen LogP) is 4.40. The zero-order valence-corrected chi connectivity index (χ0v) is 21.3. The molecule has 0 saturated carbocycles. The van der Waals surface area contributed by atoms with Gasteiger partial charge in [-0.25, -0.2) is 13.4 Å². The lowest BCUT2D eigenvalue weighted by Gasteiger charge is -2.37. The Labute approximate surface area is 212 Å². The molecule has 1 atom stereocenters. The Morgan fingerprint density at radius 3 is 2.62 bits per heavy atom. The Morgan fingerprint density at radius 1 is 1.09 bits per heavy atom. The van der Waals surface area contributed by atoms with E-state index in [-0.39, 0.29) is 41.4 Å². The molecule has 7 nitrogen and oxygen atoms in total. The number of nitrogens with zero attached hydrogens (tertiary/aromatic N) is 3. The molecule has 0 spiro atoms. The zero-order chi connectivity index (χ0) is 23.9. The highest BCUT2D eigenvalue weighted by atomic mass is 35.5. The fourth-order valence-electron chi connectivity index (χ4n) is 4.43. The van der Waals surface area contributed by atoms with Crippen LogP contribution in [-0.2, 0) is 19.6 Å². The Hall–Kier alpha value is -1.75. The van der Waals surface area contributed by atoms with Crippen LogP contribution in [0.2, 0.25) is 10.0 Å². The second-order valence-electron chi connectivity index (χ2n) is 8.42. The molecule has 180 valence electrons. The molecule has 2 aliphatic rings. The van der Waals surface area contributed by atoms with Crippen molar-refractivity contribution in [3.63, 3.8) is 0 Å². The van der Waals surface area contributed by atoms with E-state index in [1.54, 1.807) is 34.4 Å². The molecule has 0 bridgehead atoms. The summed E-state index contributed by atoms with van der Waals surface area (Å²) in [4.78, 5) is 19.7. The molecule has 2 aromatic carbocycles. The van der Waals surface area contributed by atoms with Crippen LogP contribution in [0, 0.1) is 0 Å². The molecule has 2 aliphatic heterocycles. The first-order chi connectivity index (χ1) is 16.3. The molecule has 5 rings (SSSR count). The highest BCUT2D eigenvalue weighted by molar-refractivity contribution is 7.89. The van der Waals surface area contributed by atoms with Gasteiger partial charge in [0.15, 0.2) is 0 Å². The van der Waals surface area contributed by atoms with Gasteiger partial charge in [-0.3, -0.25) is 4.79 Å². The summed E-state index contributed by atoms with van der Waals surface area (Å²) in [5.41, 5.74) is 0.904. The monoisotopic (exact) mass is 539 g/mol. The second kappa shape index (κ2) is 9.72. The van der Waals surface area contributed by atoms with Gasteiger partial charge >= 0.3 is 0 Å². The van der Waals surface area contributed by atoms with Gasteiger partial charge < -0.3 is 9.64 Å². The van der Waals surface area contributed by atoms with Gasteiger partial charge in [0.2, 0.25) is 10.0 Å². The molecule has 3 heterocycles. The SMILES string of the molecule is O=C([C@@H]1CN(S(=O)(=O)c2ccccc2Cl)CCO1)N1CCC(c2nc3cc(Cl)ccc3s2)CC1. The number of rotatable bonds is 4. The number of benzene rings is 2. The van der Waals surface area contributed by atoms with Crippen molar-refractivity contribution >= 4 is 60.7 Å².